The number of carboxylic acid groups (broad SMARTS) is 1. The van der Waals surface area contributed by atoms with Gasteiger partial charge in [-0.3, -0.25) is 4.98 Å². The summed E-state index contributed by atoms with van der Waals surface area (Å²) in [5.74, 6) is 1.67. The van der Waals surface area contributed by atoms with Gasteiger partial charge < -0.3 is 5.11 Å². The third-order valence-corrected chi connectivity index (χ3v) is 5.88. The predicted molar refractivity (Wildman–Crippen MR) is 75.8 cm³/mol. The predicted octanol–water partition coefficient (Wildman–Crippen LogP) is 3.56. The molecular formula is C17H21NO2. The van der Waals surface area contributed by atoms with Crippen LogP contribution in [0.5, 0.6) is 0 Å². The number of aromatic carboxylic acids is 1. The Morgan fingerprint density at radius 1 is 1.20 bits per heavy atom. The van der Waals surface area contributed by atoms with Gasteiger partial charge in [-0.05, 0) is 80.2 Å². The SMILES string of the molecule is Cc1cc(C23CC4CC(CC(C4)C2)C3)c(C(=O)O)cn1. The number of carbonyl (C=O) groups is 1. The highest BCUT2D eigenvalue weighted by molar-refractivity contribution is 5.89. The van der Waals surface area contributed by atoms with Crippen molar-refractivity contribution in [1.29, 1.82) is 0 Å². The van der Waals surface area contributed by atoms with Crippen LogP contribution >= 0.6 is 0 Å². The third-order valence-electron chi connectivity index (χ3n) is 5.88. The van der Waals surface area contributed by atoms with Crippen molar-refractivity contribution in [3.8, 4) is 0 Å². The Balaban J connectivity index is 1.84. The van der Waals surface area contributed by atoms with E-state index in [1.165, 1.54) is 38.5 Å². The summed E-state index contributed by atoms with van der Waals surface area (Å²) in [5, 5.41) is 9.52. The number of carboxylic acids is 1. The summed E-state index contributed by atoms with van der Waals surface area (Å²) in [6.45, 7) is 1.97. The molecule has 0 unspecified atom stereocenters. The fourth-order valence-electron chi connectivity index (χ4n) is 5.61. The van der Waals surface area contributed by atoms with Crippen LogP contribution in [0.25, 0.3) is 0 Å². The maximum atomic E-state index is 11.6. The van der Waals surface area contributed by atoms with Gasteiger partial charge in [-0.15, -0.1) is 0 Å². The summed E-state index contributed by atoms with van der Waals surface area (Å²) in [6, 6.07) is 2.05. The molecule has 4 aliphatic rings. The fourth-order valence-corrected chi connectivity index (χ4v) is 5.61. The van der Waals surface area contributed by atoms with Crippen LogP contribution in [0.1, 0.15) is 60.1 Å². The Morgan fingerprint density at radius 3 is 2.25 bits per heavy atom. The summed E-state index contributed by atoms with van der Waals surface area (Å²) in [5.41, 5.74) is 2.60. The zero-order valence-corrected chi connectivity index (χ0v) is 11.9. The van der Waals surface area contributed by atoms with E-state index >= 15 is 0 Å². The quantitative estimate of drug-likeness (QED) is 0.894. The Hall–Kier alpha value is -1.38. The first kappa shape index (κ1) is 12.4. The molecule has 0 saturated heterocycles. The van der Waals surface area contributed by atoms with Gasteiger partial charge in [0, 0.05) is 11.9 Å². The number of hydrogen-bond acceptors (Lipinski definition) is 2. The molecule has 1 heterocycles. The van der Waals surface area contributed by atoms with Crippen molar-refractivity contribution >= 4 is 5.97 Å². The van der Waals surface area contributed by atoms with Gasteiger partial charge in [-0.2, -0.15) is 0 Å². The molecule has 5 rings (SSSR count). The summed E-state index contributed by atoms with van der Waals surface area (Å²) >= 11 is 0. The Morgan fingerprint density at radius 2 is 1.75 bits per heavy atom. The standard InChI is InChI=1S/C17H21NO2/c1-10-2-15(14(9-18-10)16(19)20)17-6-11-3-12(7-17)5-13(4-11)8-17/h2,9,11-13H,3-8H2,1H3,(H,19,20). The normalized spacial score (nSPS) is 38.1. The third kappa shape index (κ3) is 1.72. The van der Waals surface area contributed by atoms with E-state index in [1.54, 1.807) is 6.20 Å². The van der Waals surface area contributed by atoms with Crippen LogP contribution in [-0.2, 0) is 5.41 Å². The number of aryl methyl sites for hydroxylation is 1. The molecule has 0 radical (unpaired) electrons. The van der Waals surface area contributed by atoms with Crippen molar-refractivity contribution in [2.45, 2.75) is 50.9 Å². The molecule has 1 aromatic heterocycles. The number of nitrogens with zero attached hydrogens (tertiary/aromatic N) is 1. The first-order chi connectivity index (χ1) is 9.56. The first-order valence-electron chi connectivity index (χ1n) is 7.76. The summed E-state index contributed by atoms with van der Waals surface area (Å²) < 4.78 is 0. The van der Waals surface area contributed by atoms with Crippen molar-refractivity contribution < 1.29 is 9.90 Å². The molecule has 0 spiro atoms. The van der Waals surface area contributed by atoms with E-state index < -0.39 is 5.97 Å². The van der Waals surface area contributed by atoms with Crippen LogP contribution in [0.2, 0.25) is 0 Å². The minimum absolute atomic E-state index is 0.135. The summed E-state index contributed by atoms with van der Waals surface area (Å²) in [7, 11) is 0. The van der Waals surface area contributed by atoms with E-state index in [9.17, 15) is 9.90 Å². The molecule has 20 heavy (non-hydrogen) atoms. The first-order valence-corrected chi connectivity index (χ1v) is 7.76. The second kappa shape index (κ2) is 4.06. The lowest BCUT2D eigenvalue weighted by atomic mass is 9.47. The highest BCUT2D eigenvalue weighted by Crippen LogP contribution is 2.61. The molecule has 1 N–H and O–H groups in total. The van der Waals surface area contributed by atoms with Crippen molar-refractivity contribution in [1.82, 2.24) is 4.98 Å². The van der Waals surface area contributed by atoms with Crippen LogP contribution in [0.4, 0.5) is 0 Å². The number of aromatic nitrogens is 1. The van der Waals surface area contributed by atoms with Crippen molar-refractivity contribution in [2.75, 3.05) is 0 Å². The average molecular weight is 271 g/mol. The fraction of sp³-hybridized carbons (Fsp3) is 0.647. The lowest BCUT2D eigenvalue weighted by Gasteiger charge is -2.57. The smallest absolute Gasteiger partial charge is 0.337 e. The molecule has 4 saturated carbocycles. The lowest BCUT2D eigenvalue weighted by Crippen LogP contribution is -2.49. The van der Waals surface area contributed by atoms with Gasteiger partial charge in [-0.25, -0.2) is 4.79 Å². The maximum absolute atomic E-state index is 11.6. The van der Waals surface area contributed by atoms with Crippen LogP contribution in [0, 0.1) is 24.7 Å². The zero-order chi connectivity index (χ0) is 13.9. The lowest BCUT2D eigenvalue weighted by molar-refractivity contribution is -0.00589. The molecule has 0 atom stereocenters. The van der Waals surface area contributed by atoms with E-state index in [2.05, 4.69) is 11.1 Å². The molecule has 4 fully saturated rings. The second-order valence-electron chi connectivity index (χ2n) is 7.37. The Labute approximate surface area is 119 Å². The Bertz CT molecular complexity index is 543. The molecule has 106 valence electrons. The minimum Gasteiger partial charge on any atom is -0.478 e. The number of hydrogen-bond donors (Lipinski definition) is 1. The van der Waals surface area contributed by atoms with E-state index in [1.807, 2.05) is 6.92 Å². The maximum Gasteiger partial charge on any atom is 0.337 e. The topological polar surface area (TPSA) is 50.2 Å². The van der Waals surface area contributed by atoms with Crippen LogP contribution in [-0.4, -0.2) is 16.1 Å². The largest absolute Gasteiger partial charge is 0.478 e. The van der Waals surface area contributed by atoms with Crippen molar-refractivity contribution in [2.24, 2.45) is 17.8 Å². The van der Waals surface area contributed by atoms with Gasteiger partial charge >= 0.3 is 5.97 Å². The zero-order valence-electron chi connectivity index (χ0n) is 11.9. The van der Waals surface area contributed by atoms with Crippen molar-refractivity contribution in [3.05, 3.63) is 29.1 Å². The molecule has 4 bridgehead atoms. The van der Waals surface area contributed by atoms with Gasteiger partial charge in [0.2, 0.25) is 0 Å². The van der Waals surface area contributed by atoms with Gasteiger partial charge in [0.15, 0.2) is 0 Å². The molecule has 0 aliphatic heterocycles. The molecule has 0 aromatic carbocycles. The molecule has 4 aliphatic carbocycles. The molecule has 0 amide bonds. The minimum atomic E-state index is -0.816. The van der Waals surface area contributed by atoms with Crippen LogP contribution < -0.4 is 0 Å². The van der Waals surface area contributed by atoms with Gasteiger partial charge in [0.05, 0.1) is 5.56 Å². The highest BCUT2D eigenvalue weighted by Gasteiger charge is 2.52. The molecule has 3 heteroatoms. The van der Waals surface area contributed by atoms with E-state index in [-0.39, 0.29) is 5.41 Å². The highest BCUT2D eigenvalue weighted by atomic mass is 16.4. The summed E-state index contributed by atoms with van der Waals surface area (Å²) in [6.07, 6.45) is 9.31. The van der Waals surface area contributed by atoms with Crippen LogP contribution in [0.15, 0.2) is 12.3 Å². The number of rotatable bonds is 2. The van der Waals surface area contributed by atoms with E-state index in [0.29, 0.717) is 5.56 Å². The van der Waals surface area contributed by atoms with Gasteiger partial charge in [-0.1, -0.05) is 0 Å². The van der Waals surface area contributed by atoms with Crippen LogP contribution in [0.3, 0.4) is 0 Å². The average Bonchev–Trinajstić information content (AvgIpc) is 2.36. The molecule has 1 aromatic rings. The van der Waals surface area contributed by atoms with E-state index in [0.717, 1.165) is 29.0 Å². The van der Waals surface area contributed by atoms with Gasteiger partial charge in [0.1, 0.15) is 0 Å². The van der Waals surface area contributed by atoms with Gasteiger partial charge in [0.25, 0.3) is 0 Å². The Kier molecular flexibility index (Phi) is 2.51. The van der Waals surface area contributed by atoms with Crippen molar-refractivity contribution in [3.63, 3.8) is 0 Å². The monoisotopic (exact) mass is 271 g/mol. The van der Waals surface area contributed by atoms with E-state index in [4.69, 9.17) is 0 Å². The second-order valence-corrected chi connectivity index (χ2v) is 7.37. The summed E-state index contributed by atoms with van der Waals surface area (Å²) in [4.78, 5) is 15.8. The molecular weight excluding hydrogens is 250 g/mol. The number of pyridine rings is 1. The molecule has 3 nitrogen and oxygen atoms in total.